The number of para-hydroxylation sites is 2. The molecule has 4 rings (SSSR count). The van der Waals surface area contributed by atoms with Gasteiger partial charge in [-0.2, -0.15) is 0 Å². The number of nitrogens with zero attached hydrogens (tertiary/aromatic N) is 2. The third-order valence-electron chi connectivity index (χ3n) is 3.79. The molecule has 27 heavy (non-hydrogen) atoms. The maximum Gasteiger partial charge on any atom is 0.291 e. The molecule has 1 aliphatic heterocycles. The number of aromatic nitrogens is 2. The van der Waals surface area contributed by atoms with E-state index in [1.807, 2.05) is 0 Å². The molecule has 9 heteroatoms. The van der Waals surface area contributed by atoms with Crippen LogP contribution in [-0.4, -0.2) is 34.7 Å². The third kappa shape index (κ3) is 3.56. The van der Waals surface area contributed by atoms with E-state index in [1.54, 1.807) is 48.8 Å². The number of pyridine rings is 1. The minimum atomic E-state index is -0.886. The second-order valence-electron chi connectivity index (χ2n) is 5.63. The smallest absolute Gasteiger partial charge is 0.291 e. The molecule has 0 saturated heterocycles. The van der Waals surface area contributed by atoms with E-state index in [-0.39, 0.29) is 12.3 Å². The Morgan fingerprint density at radius 1 is 1.07 bits per heavy atom. The number of hydrazine groups is 1. The fourth-order valence-electron chi connectivity index (χ4n) is 2.44. The molecule has 0 unspecified atom stereocenters. The van der Waals surface area contributed by atoms with E-state index in [1.165, 1.54) is 6.07 Å². The van der Waals surface area contributed by atoms with E-state index in [9.17, 15) is 9.59 Å². The van der Waals surface area contributed by atoms with E-state index in [0.717, 1.165) is 0 Å². The number of rotatable bonds is 3. The summed E-state index contributed by atoms with van der Waals surface area (Å²) < 4.78 is 16.2. The van der Waals surface area contributed by atoms with Gasteiger partial charge in [-0.3, -0.25) is 25.4 Å². The van der Waals surface area contributed by atoms with Crippen molar-refractivity contribution in [2.24, 2.45) is 0 Å². The van der Waals surface area contributed by atoms with Crippen molar-refractivity contribution in [3.63, 3.8) is 0 Å². The molecule has 2 amide bonds. The van der Waals surface area contributed by atoms with Gasteiger partial charge in [0.1, 0.15) is 6.61 Å². The molecule has 3 aromatic rings. The van der Waals surface area contributed by atoms with Crippen LogP contribution in [0, 0.1) is 0 Å². The highest BCUT2D eigenvalue weighted by molar-refractivity contribution is 5.94. The molecule has 0 radical (unpaired) electrons. The zero-order valence-electron chi connectivity index (χ0n) is 13.9. The van der Waals surface area contributed by atoms with Gasteiger partial charge in [-0.15, -0.1) is 0 Å². The van der Waals surface area contributed by atoms with E-state index < -0.39 is 17.9 Å². The molecule has 2 N–H and O–H groups in total. The van der Waals surface area contributed by atoms with E-state index in [2.05, 4.69) is 21.0 Å². The van der Waals surface area contributed by atoms with Gasteiger partial charge in [-0.05, 0) is 24.3 Å². The fraction of sp³-hybridized carbons (Fsp3) is 0.111. The van der Waals surface area contributed by atoms with Gasteiger partial charge in [-0.1, -0.05) is 17.3 Å². The van der Waals surface area contributed by atoms with E-state index in [4.69, 9.17) is 14.0 Å². The van der Waals surface area contributed by atoms with Crippen molar-refractivity contribution in [1.29, 1.82) is 0 Å². The first-order valence-corrected chi connectivity index (χ1v) is 8.06. The standard InChI is InChI=1S/C18H14N4O5/c23-17(12-8-15(27-22-12)11-4-3-7-19-9-11)20-21-18(24)16-10-25-13-5-1-2-6-14(13)26-16/h1-9,16H,10H2,(H,20,23)(H,21,24)/t16-/m1/s1. The Bertz CT molecular complexity index is 973. The zero-order chi connectivity index (χ0) is 18.6. The van der Waals surface area contributed by atoms with Crippen LogP contribution >= 0.6 is 0 Å². The second kappa shape index (κ2) is 7.16. The normalized spacial score (nSPS) is 15.0. The van der Waals surface area contributed by atoms with Crippen LogP contribution in [0.25, 0.3) is 11.3 Å². The first kappa shape index (κ1) is 16.6. The maximum absolute atomic E-state index is 12.2. The minimum absolute atomic E-state index is 0.0142. The van der Waals surface area contributed by atoms with Crippen molar-refractivity contribution >= 4 is 11.8 Å². The Kier molecular flexibility index (Phi) is 4.40. The summed E-state index contributed by atoms with van der Waals surface area (Å²) in [5.41, 5.74) is 5.26. The van der Waals surface area contributed by atoms with Crippen LogP contribution < -0.4 is 20.3 Å². The number of fused-ring (bicyclic) bond motifs is 1. The van der Waals surface area contributed by atoms with Crippen LogP contribution in [0.4, 0.5) is 0 Å². The van der Waals surface area contributed by atoms with Crippen molar-refractivity contribution in [3.8, 4) is 22.8 Å². The van der Waals surface area contributed by atoms with Crippen molar-refractivity contribution in [3.05, 3.63) is 60.6 Å². The van der Waals surface area contributed by atoms with Gasteiger partial charge >= 0.3 is 0 Å². The van der Waals surface area contributed by atoms with E-state index >= 15 is 0 Å². The lowest BCUT2D eigenvalue weighted by Gasteiger charge is -2.25. The quantitative estimate of drug-likeness (QED) is 0.672. The number of carbonyl (C=O) groups excluding carboxylic acids is 2. The first-order chi connectivity index (χ1) is 13.2. The maximum atomic E-state index is 12.2. The molecule has 3 heterocycles. The SMILES string of the molecule is O=C(NNC(=O)[C@H]1COc2ccccc2O1)c1cc(-c2cccnc2)on1. The summed E-state index contributed by atoms with van der Waals surface area (Å²) >= 11 is 0. The van der Waals surface area contributed by atoms with Gasteiger partial charge in [0.15, 0.2) is 23.0 Å². The molecule has 9 nitrogen and oxygen atoms in total. The van der Waals surface area contributed by atoms with Gasteiger partial charge < -0.3 is 14.0 Å². The van der Waals surface area contributed by atoms with E-state index in [0.29, 0.717) is 22.8 Å². The predicted octanol–water partition coefficient (Wildman–Crippen LogP) is 1.34. The average Bonchev–Trinajstić information content (AvgIpc) is 3.22. The average molecular weight is 366 g/mol. The van der Waals surface area contributed by atoms with Gasteiger partial charge in [0.05, 0.1) is 0 Å². The van der Waals surface area contributed by atoms with Crippen LogP contribution in [-0.2, 0) is 4.79 Å². The molecular formula is C18H14N4O5. The number of hydrogen-bond acceptors (Lipinski definition) is 7. The highest BCUT2D eigenvalue weighted by Gasteiger charge is 2.27. The summed E-state index contributed by atoms with van der Waals surface area (Å²) in [4.78, 5) is 28.3. The number of hydrogen-bond donors (Lipinski definition) is 2. The number of carbonyl (C=O) groups is 2. The highest BCUT2D eigenvalue weighted by atomic mass is 16.6. The Balaban J connectivity index is 1.34. The third-order valence-corrected chi connectivity index (χ3v) is 3.79. The number of nitrogens with one attached hydrogen (secondary N) is 2. The topological polar surface area (TPSA) is 116 Å². The molecule has 0 spiro atoms. The number of amides is 2. The monoisotopic (exact) mass is 366 g/mol. The van der Waals surface area contributed by atoms with Crippen LogP contribution in [0.5, 0.6) is 11.5 Å². The van der Waals surface area contributed by atoms with Crippen LogP contribution in [0.2, 0.25) is 0 Å². The molecule has 136 valence electrons. The number of ether oxygens (including phenoxy) is 2. The second-order valence-corrected chi connectivity index (χ2v) is 5.63. The molecule has 0 aliphatic carbocycles. The summed E-state index contributed by atoms with van der Waals surface area (Å²) in [5.74, 6) is 0.248. The van der Waals surface area contributed by atoms with Crippen molar-refractivity contribution in [1.82, 2.24) is 21.0 Å². The molecule has 1 atom stereocenters. The summed E-state index contributed by atoms with van der Waals surface area (Å²) in [6.07, 6.45) is 2.32. The molecular weight excluding hydrogens is 352 g/mol. The Morgan fingerprint density at radius 3 is 2.74 bits per heavy atom. The van der Waals surface area contributed by atoms with Crippen molar-refractivity contribution in [2.45, 2.75) is 6.10 Å². The molecule has 0 saturated carbocycles. The molecule has 0 fully saturated rings. The molecule has 1 aromatic carbocycles. The Hall–Kier alpha value is -3.88. The summed E-state index contributed by atoms with van der Waals surface area (Å²) in [7, 11) is 0. The van der Waals surface area contributed by atoms with Gasteiger partial charge in [0.2, 0.25) is 6.10 Å². The zero-order valence-corrected chi connectivity index (χ0v) is 13.9. The van der Waals surface area contributed by atoms with Crippen LogP contribution in [0.3, 0.4) is 0 Å². The van der Waals surface area contributed by atoms with Gasteiger partial charge in [0, 0.05) is 24.0 Å². The van der Waals surface area contributed by atoms with Crippen molar-refractivity contribution in [2.75, 3.05) is 6.61 Å². The van der Waals surface area contributed by atoms with Gasteiger partial charge in [-0.25, -0.2) is 0 Å². The van der Waals surface area contributed by atoms with Crippen molar-refractivity contribution < 1.29 is 23.6 Å². The fourth-order valence-corrected chi connectivity index (χ4v) is 2.44. The summed E-state index contributed by atoms with van der Waals surface area (Å²) in [6.45, 7) is 0.0355. The first-order valence-electron chi connectivity index (χ1n) is 8.06. The van der Waals surface area contributed by atoms with Crippen LogP contribution in [0.1, 0.15) is 10.5 Å². The summed E-state index contributed by atoms with van der Waals surface area (Å²) in [5, 5.41) is 3.69. The lowest BCUT2D eigenvalue weighted by molar-refractivity contribution is -0.131. The highest BCUT2D eigenvalue weighted by Crippen LogP contribution is 2.30. The lowest BCUT2D eigenvalue weighted by Crippen LogP contribution is -2.50. The molecule has 1 aliphatic rings. The lowest BCUT2D eigenvalue weighted by atomic mass is 10.2. The Labute approximate surface area is 153 Å². The predicted molar refractivity (Wildman–Crippen MR) is 91.7 cm³/mol. The van der Waals surface area contributed by atoms with Gasteiger partial charge in [0.25, 0.3) is 11.8 Å². The summed E-state index contributed by atoms with van der Waals surface area (Å²) in [6, 6.07) is 12.0. The van der Waals surface area contributed by atoms with Crippen LogP contribution in [0.15, 0.2) is 59.4 Å². The Morgan fingerprint density at radius 2 is 1.93 bits per heavy atom. The molecule has 0 bridgehead atoms. The largest absolute Gasteiger partial charge is 0.485 e. The minimum Gasteiger partial charge on any atom is -0.485 e. The molecule has 2 aromatic heterocycles. The number of benzene rings is 1.